The molecule has 27 heavy (non-hydrogen) atoms. The van der Waals surface area contributed by atoms with Gasteiger partial charge in [0, 0.05) is 26.0 Å². The third kappa shape index (κ3) is 3.95. The van der Waals surface area contributed by atoms with Crippen molar-refractivity contribution in [3.05, 3.63) is 41.7 Å². The summed E-state index contributed by atoms with van der Waals surface area (Å²) in [4.78, 5) is 24.2. The predicted molar refractivity (Wildman–Crippen MR) is 97.3 cm³/mol. The van der Waals surface area contributed by atoms with Gasteiger partial charge in [-0.2, -0.15) is 5.10 Å². The number of rotatable bonds is 6. The maximum Gasteiger partial charge on any atom is 0.311 e. The number of hydrogen-bond donors (Lipinski definition) is 2. The van der Waals surface area contributed by atoms with E-state index in [1.165, 1.54) is 0 Å². The lowest BCUT2D eigenvalue weighted by Gasteiger charge is -2.32. The highest BCUT2D eigenvalue weighted by Gasteiger charge is 2.40. The number of nitrogens with one attached hydrogen (secondary N) is 1. The largest absolute Gasteiger partial charge is 0.494 e. The lowest BCUT2D eigenvalue weighted by Crippen LogP contribution is -2.46. The minimum Gasteiger partial charge on any atom is -0.494 e. The number of carbonyl (C=O) groups is 2. The van der Waals surface area contributed by atoms with Crippen LogP contribution in [0.15, 0.2) is 30.5 Å². The van der Waals surface area contributed by atoms with Gasteiger partial charge < -0.3 is 19.9 Å². The van der Waals surface area contributed by atoms with Gasteiger partial charge in [0.15, 0.2) is 5.69 Å². The van der Waals surface area contributed by atoms with Gasteiger partial charge in [0.2, 0.25) is 0 Å². The smallest absolute Gasteiger partial charge is 0.311 e. The molecule has 3 rings (SSSR count). The molecule has 0 atom stereocenters. The van der Waals surface area contributed by atoms with E-state index in [2.05, 4.69) is 10.4 Å². The number of hydrogen-bond acceptors (Lipinski definition) is 5. The summed E-state index contributed by atoms with van der Waals surface area (Å²) in [5, 5.41) is 16.6. The van der Waals surface area contributed by atoms with Crippen LogP contribution in [0.2, 0.25) is 0 Å². The maximum atomic E-state index is 12.5. The number of amides is 1. The molecule has 0 unspecified atom stereocenters. The number of carbonyl (C=O) groups excluding carboxylic acids is 1. The molecular formula is C19H23N3O5. The first kappa shape index (κ1) is 18.9. The van der Waals surface area contributed by atoms with Crippen molar-refractivity contribution in [1.29, 1.82) is 0 Å². The Morgan fingerprint density at radius 1 is 1.33 bits per heavy atom. The number of aromatic nitrogens is 2. The summed E-state index contributed by atoms with van der Waals surface area (Å²) in [5.41, 5.74) is 0.986. The Balaban J connectivity index is 1.74. The van der Waals surface area contributed by atoms with E-state index < -0.39 is 17.3 Å². The second-order valence-electron chi connectivity index (χ2n) is 6.70. The fraction of sp³-hybridized carbons (Fsp3) is 0.421. The molecule has 2 heterocycles. The maximum absolute atomic E-state index is 12.5. The summed E-state index contributed by atoms with van der Waals surface area (Å²) in [6.45, 7) is 2.76. The van der Waals surface area contributed by atoms with Crippen molar-refractivity contribution >= 4 is 11.9 Å². The SMILES string of the molecule is COc1ccc(C)cc1-n1ccc(C(=O)NCC2(C(=O)O)CCOCC2)n1. The van der Waals surface area contributed by atoms with Crippen molar-refractivity contribution in [1.82, 2.24) is 15.1 Å². The van der Waals surface area contributed by atoms with Gasteiger partial charge in [-0.1, -0.05) is 6.07 Å². The Labute approximate surface area is 157 Å². The number of benzene rings is 1. The molecule has 2 aromatic rings. The Morgan fingerprint density at radius 2 is 2.07 bits per heavy atom. The van der Waals surface area contributed by atoms with Gasteiger partial charge in [0.1, 0.15) is 11.4 Å². The van der Waals surface area contributed by atoms with Crippen molar-refractivity contribution in [2.45, 2.75) is 19.8 Å². The molecule has 1 aliphatic rings. The highest BCUT2D eigenvalue weighted by Crippen LogP contribution is 2.30. The van der Waals surface area contributed by atoms with Gasteiger partial charge in [0.05, 0.1) is 12.5 Å². The Bertz CT molecular complexity index is 840. The van der Waals surface area contributed by atoms with Crippen LogP contribution in [0.5, 0.6) is 5.75 Å². The van der Waals surface area contributed by atoms with E-state index in [0.29, 0.717) is 31.8 Å². The lowest BCUT2D eigenvalue weighted by atomic mass is 9.80. The standard InChI is InChI=1S/C19H23N3O5/c1-13-3-4-16(26-2)15(11-13)22-8-5-14(21-22)17(23)20-12-19(18(24)25)6-9-27-10-7-19/h3-5,8,11H,6-7,9-10,12H2,1-2H3,(H,20,23)(H,24,25). The van der Waals surface area contributed by atoms with E-state index in [1.54, 1.807) is 24.1 Å². The fourth-order valence-corrected chi connectivity index (χ4v) is 3.13. The fourth-order valence-electron chi connectivity index (χ4n) is 3.13. The molecule has 1 aromatic heterocycles. The predicted octanol–water partition coefficient (Wildman–Crippen LogP) is 1.80. The quantitative estimate of drug-likeness (QED) is 0.800. The molecule has 1 aliphatic heterocycles. The summed E-state index contributed by atoms with van der Waals surface area (Å²) in [7, 11) is 1.57. The number of nitrogens with zero attached hydrogens (tertiary/aromatic N) is 2. The minimum atomic E-state index is -0.990. The molecule has 1 amide bonds. The van der Waals surface area contributed by atoms with Gasteiger partial charge in [0.25, 0.3) is 5.91 Å². The average Bonchev–Trinajstić information content (AvgIpc) is 3.17. The Morgan fingerprint density at radius 3 is 2.74 bits per heavy atom. The van der Waals surface area contributed by atoms with Gasteiger partial charge >= 0.3 is 5.97 Å². The number of ether oxygens (including phenoxy) is 2. The van der Waals surface area contributed by atoms with Crippen molar-refractivity contribution in [2.24, 2.45) is 5.41 Å². The van der Waals surface area contributed by atoms with Crippen LogP contribution in [0.1, 0.15) is 28.9 Å². The second-order valence-corrected chi connectivity index (χ2v) is 6.70. The van der Waals surface area contributed by atoms with Crippen molar-refractivity contribution in [3.63, 3.8) is 0 Å². The Kier molecular flexibility index (Phi) is 5.46. The number of aliphatic carboxylic acids is 1. The van der Waals surface area contributed by atoms with E-state index in [0.717, 1.165) is 11.3 Å². The van der Waals surface area contributed by atoms with Crippen LogP contribution in [0.4, 0.5) is 0 Å². The highest BCUT2D eigenvalue weighted by atomic mass is 16.5. The lowest BCUT2D eigenvalue weighted by molar-refractivity contribution is -0.154. The molecule has 0 bridgehead atoms. The van der Waals surface area contributed by atoms with Crippen LogP contribution in [-0.4, -0.2) is 53.6 Å². The zero-order chi connectivity index (χ0) is 19.4. The molecule has 2 N–H and O–H groups in total. The third-order valence-corrected chi connectivity index (χ3v) is 4.89. The topological polar surface area (TPSA) is 103 Å². The third-order valence-electron chi connectivity index (χ3n) is 4.89. The minimum absolute atomic E-state index is 0.0468. The molecule has 8 nitrogen and oxygen atoms in total. The van der Waals surface area contributed by atoms with E-state index in [-0.39, 0.29) is 12.2 Å². The van der Waals surface area contributed by atoms with Crippen LogP contribution < -0.4 is 10.1 Å². The molecule has 1 fully saturated rings. The van der Waals surface area contributed by atoms with Gasteiger partial charge in [-0.25, -0.2) is 4.68 Å². The number of methoxy groups -OCH3 is 1. The van der Waals surface area contributed by atoms with E-state index >= 15 is 0 Å². The molecule has 1 aromatic carbocycles. The zero-order valence-corrected chi connectivity index (χ0v) is 15.4. The molecule has 144 valence electrons. The van der Waals surface area contributed by atoms with Gasteiger partial charge in [-0.3, -0.25) is 9.59 Å². The molecule has 8 heteroatoms. The Hall–Kier alpha value is -2.87. The first-order valence-electron chi connectivity index (χ1n) is 8.75. The van der Waals surface area contributed by atoms with Crippen molar-refractivity contribution in [3.8, 4) is 11.4 Å². The van der Waals surface area contributed by atoms with E-state index in [4.69, 9.17) is 9.47 Å². The van der Waals surface area contributed by atoms with Gasteiger partial charge in [-0.15, -0.1) is 0 Å². The van der Waals surface area contributed by atoms with Crippen molar-refractivity contribution < 1.29 is 24.2 Å². The zero-order valence-electron chi connectivity index (χ0n) is 15.4. The van der Waals surface area contributed by atoms with Crippen molar-refractivity contribution in [2.75, 3.05) is 26.9 Å². The van der Waals surface area contributed by atoms with Crippen LogP contribution in [0.3, 0.4) is 0 Å². The summed E-state index contributed by atoms with van der Waals surface area (Å²) >= 11 is 0. The molecule has 0 aliphatic carbocycles. The molecular weight excluding hydrogens is 350 g/mol. The normalized spacial score (nSPS) is 15.9. The summed E-state index contributed by atoms with van der Waals surface area (Å²) in [5.74, 6) is -0.684. The van der Waals surface area contributed by atoms with Crippen LogP contribution in [0.25, 0.3) is 5.69 Å². The average molecular weight is 373 g/mol. The van der Waals surface area contributed by atoms with E-state index in [9.17, 15) is 14.7 Å². The van der Waals surface area contributed by atoms with Crippen LogP contribution in [0, 0.1) is 12.3 Å². The summed E-state index contributed by atoms with van der Waals surface area (Å²) in [6, 6.07) is 7.27. The van der Waals surface area contributed by atoms with Crippen LogP contribution in [-0.2, 0) is 9.53 Å². The number of carboxylic acids is 1. The second kappa shape index (κ2) is 7.79. The van der Waals surface area contributed by atoms with E-state index in [1.807, 2.05) is 25.1 Å². The first-order chi connectivity index (χ1) is 12.9. The summed E-state index contributed by atoms with van der Waals surface area (Å²) in [6.07, 6.45) is 2.42. The monoisotopic (exact) mass is 373 g/mol. The van der Waals surface area contributed by atoms with Crippen LogP contribution >= 0.6 is 0 Å². The highest BCUT2D eigenvalue weighted by molar-refractivity contribution is 5.92. The van der Waals surface area contributed by atoms with Gasteiger partial charge in [-0.05, 0) is 43.5 Å². The summed E-state index contributed by atoms with van der Waals surface area (Å²) < 4.78 is 12.2. The molecule has 1 saturated heterocycles. The molecule has 0 saturated carbocycles. The molecule has 0 spiro atoms. The molecule has 0 radical (unpaired) electrons. The number of aryl methyl sites for hydroxylation is 1. The first-order valence-corrected chi connectivity index (χ1v) is 8.75. The number of carboxylic acid groups (broad SMARTS) is 1.